The molecule has 0 heterocycles. The molecule has 0 aromatic heterocycles. The molecule has 0 amide bonds. The molecule has 0 N–H and O–H groups in total. The molecule has 0 spiro atoms. The van der Waals surface area contributed by atoms with Crippen LogP contribution in [0.5, 0.6) is 5.75 Å². The number of halogens is 1. The van der Waals surface area contributed by atoms with E-state index in [1.54, 1.807) is 6.07 Å². The van der Waals surface area contributed by atoms with Crippen molar-refractivity contribution in [3.63, 3.8) is 0 Å². The van der Waals surface area contributed by atoms with E-state index in [4.69, 9.17) is 4.74 Å². The number of hydrogen-bond acceptors (Lipinski definition) is 2. The third kappa shape index (κ3) is 2.55. The van der Waals surface area contributed by atoms with Gasteiger partial charge in [-0.05, 0) is 18.6 Å². The zero-order chi connectivity index (χ0) is 10.6. The van der Waals surface area contributed by atoms with Crippen LogP contribution in [0.1, 0.15) is 30.1 Å². The second-order valence-corrected chi connectivity index (χ2v) is 3.05. The first-order valence-corrected chi connectivity index (χ1v) is 4.55. The van der Waals surface area contributed by atoms with Crippen LogP contribution >= 0.6 is 0 Å². The van der Waals surface area contributed by atoms with Crippen molar-refractivity contribution in [1.82, 2.24) is 0 Å². The number of methoxy groups -OCH3 is 1. The van der Waals surface area contributed by atoms with Crippen molar-refractivity contribution in [3.05, 3.63) is 29.6 Å². The number of carbonyl (C=O) groups is 1. The lowest BCUT2D eigenvalue weighted by atomic mass is 10.1. The van der Waals surface area contributed by atoms with Crippen molar-refractivity contribution in [2.75, 3.05) is 7.11 Å². The lowest BCUT2D eigenvalue weighted by molar-refractivity contribution is 0.0981. The van der Waals surface area contributed by atoms with Gasteiger partial charge in [0.1, 0.15) is 11.6 Å². The molecule has 1 aromatic carbocycles. The molecule has 0 unspecified atom stereocenters. The molecule has 0 saturated carbocycles. The molecule has 0 aliphatic rings. The fourth-order valence-corrected chi connectivity index (χ4v) is 1.21. The van der Waals surface area contributed by atoms with Crippen LogP contribution in [0.25, 0.3) is 0 Å². The summed E-state index contributed by atoms with van der Waals surface area (Å²) in [5.74, 6) is -0.112. The highest BCUT2D eigenvalue weighted by Crippen LogP contribution is 2.17. The van der Waals surface area contributed by atoms with Crippen LogP contribution in [0.3, 0.4) is 0 Å². The minimum atomic E-state index is -0.441. The largest absolute Gasteiger partial charge is 0.497 e. The van der Waals surface area contributed by atoms with Crippen molar-refractivity contribution in [2.24, 2.45) is 0 Å². The molecule has 76 valence electrons. The van der Waals surface area contributed by atoms with Crippen molar-refractivity contribution in [3.8, 4) is 5.75 Å². The van der Waals surface area contributed by atoms with Gasteiger partial charge in [0.15, 0.2) is 5.78 Å². The third-order valence-corrected chi connectivity index (χ3v) is 1.91. The van der Waals surface area contributed by atoms with Crippen molar-refractivity contribution >= 4 is 5.78 Å². The number of benzene rings is 1. The highest BCUT2D eigenvalue weighted by atomic mass is 19.1. The molecule has 0 fully saturated rings. The summed E-state index contributed by atoms with van der Waals surface area (Å²) in [7, 11) is 1.45. The molecular weight excluding hydrogens is 183 g/mol. The smallest absolute Gasteiger partial charge is 0.163 e. The number of Topliss-reactive ketones (excluding diaryl/α,β-unsaturated/α-hetero) is 1. The molecular formula is C11H13FO2. The summed E-state index contributed by atoms with van der Waals surface area (Å²) in [6.45, 7) is 1.91. The van der Waals surface area contributed by atoms with Gasteiger partial charge in [0.05, 0.1) is 7.11 Å². The van der Waals surface area contributed by atoms with E-state index in [2.05, 4.69) is 0 Å². The van der Waals surface area contributed by atoms with Gasteiger partial charge in [-0.15, -0.1) is 0 Å². The Labute approximate surface area is 82.7 Å². The van der Waals surface area contributed by atoms with Gasteiger partial charge in [-0.1, -0.05) is 6.92 Å². The van der Waals surface area contributed by atoms with Crippen LogP contribution in [0.15, 0.2) is 18.2 Å². The summed E-state index contributed by atoms with van der Waals surface area (Å²) in [4.78, 5) is 11.4. The number of hydrogen-bond donors (Lipinski definition) is 0. The molecule has 0 bridgehead atoms. The van der Waals surface area contributed by atoms with Gasteiger partial charge in [0, 0.05) is 18.1 Å². The summed E-state index contributed by atoms with van der Waals surface area (Å²) < 4.78 is 17.9. The predicted molar refractivity (Wildman–Crippen MR) is 52.2 cm³/mol. The summed E-state index contributed by atoms with van der Waals surface area (Å²) in [5.41, 5.74) is 0.378. The number of ether oxygens (including phenoxy) is 1. The van der Waals surface area contributed by atoms with Gasteiger partial charge in [0.25, 0.3) is 0 Å². The minimum Gasteiger partial charge on any atom is -0.497 e. The average molecular weight is 196 g/mol. The molecule has 0 radical (unpaired) electrons. The Morgan fingerprint density at radius 1 is 1.43 bits per heavy atom. The van der Waals surface area contributed by atoms with Crippen LogP contribution in [0.2, 0.25) is 0 Å². The highest BCUT2D eigenvalue weighted by molar-refractivity contribution is 5.96. The normalized spacial score (nSPS) is 9.93. The molecule has 1 aromatic rings. The van der Waals surface area contributed by atoms with Gasteiger partial charge < -0.3 is 4.74 Å². The zero-order valence-electron chi connectivity index (χ0n) is 8.34. The van der Waals surface area contributed by atoms with Crippen LogP contribution in [-0.2, 0) is 0 Å². The Morgan fingerprint density at radius 3 is 2.71 bits per heavy atom. The van der Waals surface area contributed by atoms with Gasteiger partial charge >= 0.3 is 0 Å². The Balaban J connectivity index is 2.96. The first-order chi connectivity index (χ1) is 6.67. The van der Waals surface area contributed by atoms with Gasteiger partial charge in [-0.3, -0.25) is 4.79 Å². The molecule has 14 heavy (non-hydrogen) atoms. The Hall–Kier alpha value is -1.38. The predicted octanol–water partition coefficient (Wildman–Crippen LogP) is 2.82. The molecule has 0 atom stereocenters. The maximum absolute atomic E-state index is 13.0. The number of carbonyl (C=O) groups excluding carboxylic acids is 1. The van der Waals surface area contributed by atoms with Gasteiger partial charge in [-0.25, -0.2) is 4.39 Å². The fourth-order valence-electron chi connectivity index (χ4n) is 1.21. The van der Waals surface area contributed by atoms with E-state index < -0.39 is 5.82 Å². The second-order valence-electron chi connectivity index (χ2n) is 3.05. The van der Waals surface area contributed by atoms with E-state index in [0.717, 1.165) is 6.42 Å². The fraction of sp³-hybridized carbons (Fsp3) is 0.364. The topological polar surface area (TPSA) is 26.3 Å². The van der Waals surface area contributed by atoms with Crippen LogP contribution in [0, 0.1) is 5.82 Å². The van der Waals surface area contributed by atoms with Gasteiger partial charge in [-0.2, -0.15) is 0 Å². The standard InChI is InChI=1S/C11H13FO2/c1-3-4-11(13)8-5-9(12)7-10(6-8)14-2/h5-7H,3-4H2,1-2H3. The SMILES string of the molecule is CCCC(=O)c1cc(F)cc(OC)c1. The zero-order valence-corrected chi connectivity index (χ0v) is 8.34. The molecule has 2 nitrogen and oxygen atoms in total. The van der Waals surface area contributed by atoms with Crippen molar-refractivity contribution in [2.45, 2.75) is 19.8 Å². The maximum atomic E-state index is 13.0. The monoisotopic (exact) mass is 196 g/mol. The summed E-state index contributed by atoms with van der Waals surface area (Å²) >= 11 is 0. The van der Waals surface area contributed by atoms with E-state index in [1.807, 2.05) is 6.92 Å². The summed E-state index contributed by atoms with van der Waals surface area (Å²) in [5, 5.41) is 0. The molecule has 1 rings (SSSR count). The van der Waals surface area contributed by atoms with E-state index in [0.29, 0.717) is 17.7 Å². The Morgan fingerprint density at radius 2 is 2.14 bits per heavy atom. The van der Waals surface area contributed by atoms with E-state index >= 15 is 0 Å². The van der Waals surface area contributed by atoms with Crippen molar-refractivity contribution in [1.29, 1.82) is 0 Å². The average Bonchev–Trinajstić information content (AvgIpc) is 2.17. The van der Waals surface area contributed by atoms with Crippen LogP contribution < -0.4 is 4.74 Å². The number of rotatable bonds is 4. The molecule has 0 aliphatic heterocycles. The highest BCUT2D eigenvalue weighted by Gasteiger charge is 2.08. The lowest BCUT2D eigenvalue weighted by Crippen LogP contribution is -1.99. The Kier molecular flexibility index (Phi) is 3.63. The number of ketones is 1. The maximum Gasteiger partial charge on any atom is 0.163 e. The van der Waals surface area contributed by atoms with Gasteiger partial charge in [0.2, 0.25) is 0 Å². The lowest BCUT2D eigenvalue weighted by Gasteiger charge is -2.03. The quantitative estimate of drug-likeness (QED) is 0.692. The van der Waals surface area contributed by atoms with Crippen LogP contribution in [0.4, 0.5) is 4.39 Å². The molecule has 0 saturated heterocycles. The van der Waals surface area contributed by atoms with Crippen LogP contribution in [-0.4, -0.2) is 12.9 Å². The summed E-state index contributed by atoms with van der Waals surface area (Å²) in [6, 6.07) is 4.05. The van der Waals surface area contributed by atoms with Crippen molar-refractivity contribution < 1.29 is 13.9 Å². The van der Waals surface area contributed by atoms with E-state index in [1.165, 1.54) is 19.2 Å². The van der Waals surface area contributed by atoms with E-state index in [-0.39, 0.29) is 5.78 Å². The summed E-state index contributed by atoms with van der Waals surface area (Å²) in [6.07, 6.45) is 1.20. The van der Waals surface area contributed by atoms with E-state index in [9.17, 15) is 9.18 Å². The first-order valence-electron chi connectivity index (χ1n) is 4.55. The Bertz CT molecular complexity index is 334. The third-order valence-electron chi connectivity index (χ3n) is 1.91. The molecule has 3 heteroatoms. The minimum absolute atomic E-state index is 0.0506. The first kappa shape index (κ1) is 10.7. The second kappa shape index (κ2) is 4.74. The molecule has 0 aliphatic carbocycles.